The largest absolute Gasteiger partial charge is 0.340 e. The standard InChI is InChI=1S/C16H19N3O3/c1-18(11-5-4-8-17-9-11)14(20)10-19-15(21)12-6-2-3-7-13(12)16(19)22/h2-3,6-7,11,17H,4-5,8-10H2,1H3. The van der Waals surface area contributed by atoms with Crippen molar-refractivity contribution >= 4 is 17.7 Å². The van der Waals surface area contributed by atoms with E-state index in [0.717, 1.165) is 30.8 Å². The van der Waals surface area contributed by atoms with Crippen LogP contribution in [0.5, 0.6) is 0 Å². The zero-order valence-electron chi connectivity index (χ0n) is 12.5. The van der Waals surface area contributed by atoms with E-state index in [9.17, 15) is 14.4 Å². The molecule has 0 aliphatic carbocycles. The van der Waals surface area contributed by atoms with Crippen LogP contribution in [-0.4, -0.2) is 60.2 Å². The van der Waals surface area contributed by atoms with Gasteiger partial charge < -0.3 is 10.2 Å². The lowest BCUT2D eigenvalue weighted by Gasteiger charge is -2.32. The van der Waals surface area contributed by atoms with Gasteiger partial charge in [-0.15, -0.1) is 0 Å². The van der Waals surface area contributed by atoms with Gasteiger partial charge in [0.25, 0.3) is 11.8 Å². The maximum absolute atomic E-state index is 12.4. The Morgan fingerprint density at radius 2 is 1.91 bits per heavy atom. The Morgan fingerprint density at radius 1 is 1.27 bits per heavy atom. The summed E-state index contributed by atoms with van der Waals surface area (Å²) in [5, 5.41) is 3.25. The van der Waals surface area contributed by atoms with E-state index in [4.69, 9.17) is 0 Å². The fourth-order valence-corrected chi connectivity index (χ4v) is 3.00. The van der Waals surface area contributed by atoms with Crippen molar-refractivity contribution in [3.05, 3.63) is 35.4 Å². The highest BCUT2D eigenvalue weighted by molar-refractivity contribution is 6.22. The van der Waals surface area contributed by atoms with Crippen LogP contribution in [0.3, 0.4) is 0 Å². The Labute approximate surface area is 129 Å². The van der Waals surface area contributed by atoms with Gasteiger partial charge in [-0.3, -0.25) is 19.3 Å². The molecule has 1 fully saturated rings. The minimum absolute atomic E-state index is 0.122. The van der Waals surface area contributed by atoms with Gasteiger partial charge in [0.2, 0.25) is 5.91 Å². The molecule has 0 saturated carbocycles. The summed E-state index contributed by atoms with van der Waals surface area (Å²) in [4.78, 5) is 39.6. The lowest BCUT2D eigenvalue weighted by molar-refractivity contribution is -0.132. The predicted octanol–water partition coefficient (Wildman–Crippen LogP) is 0.493. The fourth-order valence-electron chi connectivity index (χ4n) is 3.00. The van der Waals surface area contributed by atoms with Gasteiger partial charge in [-0.2, -0.15) is 0 Å². The van der Waals surface area contributed by atoms with Crippen molar-refractivity contribution in [1.82, 2.24) is 15.1 Å². The molecule has 6 heteroatoms. The van der Waals surface area contributed by atoms with Crippen LogP contribution in [0.4, 0.5) is 0 Å². The smallest absolute Gasteiger partial charge is 0.262 e. The number of benzene rings is 1. The minimum Gasteiger partial charge on any atom is -0.340 e. The Bertz CT molecular complexity index is 588. The summed E-state index contributed by atoms with van der Waals surface area (Å²) in [7, 11) is 1.73. The number of amides is 3. The van der Waals surface area contributed by atoms with Gasteiger partial charge >= 0.3 is 0 Å². The quantitative estimate of drug-likeness (QED) is 0.825. The van der Waals surface area contributed by atoms with Crippen molar-refractivity contribution in [2.45, 2.75) is 18.9 Å². The number of carbonyl (C=O) groups is 3. The van der Waals surface area contributed by atoms with Crippen molar-refractivity contribution in [2.75, 3.05) is 26.7 Å². The van der Waals surface area contributed by atoms with Crippen molar-refractivity contribution < 1.29 is 14.4 Å². The first kappa shape index (κ1) is 14.7. The van der Waals surface area contributed by atoms with E-state index in [0.29, 0.717) is 11.1 Å². The zero-order valence-corrected chi connectivity index (χ0v) is 12.5. The SMILES string of the molecule is CN(C(=O)CN1C(=O)c2ccccc2C1=O)C1CCCNC1. The Hall–Kier alpha value is -2.21. The molecule has 1 unspecified atom stereocenters. The molecule has 0 spiro atoms. The second-order valence-electron chi connectivity index (χ2n) is 5.75. The highest BCUT2D eigenvalue weighted by Gasteiger charge is 2.37. The third-order valence-corrected chi connectivity index (χ3v) is 4.38. The molecule has 1 aromatic carbocycles. The average Bonchev–Trinajstić information content (AvgIpc) is 2.80. The van der Waals surface area contributed by atoms with Gasteiger partial charge in [0, 0.05) is 19.6 Å². The molecule has 3 amide bonds. The van der Waals surface area contributed by atoms with Crippen LogP contribution in [0.1, 0.15) is 33.6 Å². The number of piperidine rings is 1. The van der Waals surface area contributed by atoms with Crippen molar-refractivity contribution in [2.24, 2.45) is 0 Å². The summed E-state index contributed by atoms with van der Waals surface area (Å²) < 4.78 is 0. The molecule has 3 rings (SSSR count). The first-order valence-electron chi connectivity index (χ1n) is 7.51. The molecular weight excluding hydrogens is 282 g/mol. The first-order valence-corrected chi connectivity index (χ1v) is 7.51. The second-order valence-corrected chi connectivity index (χ2v) is 5.75. The summed E-state index contributed by atoms with van der Waals surface area (Å²) in [6.07, 6.45) is 1.96. The molecule has 1 saturated heterocycles. The molecule has 1 aromatic rings. The molecule has 0 bridgehead atoms. The van der Waals surface area contributed by atoms with Crippen LogP contribution < -0.4 is 5.32 Å². The topological polar surface area (TPSA) is 69.7 Å². The summed E-state index contributed by atoms with van der Waals surface area (Å²) in [5.74, 6) is -0.976. The maximum Gasteiger partial charge on any atom is 0.262 e. The van der Waals surface area contributed by atoms with Gasteiger partial charge in [0.15, 0.2) is 0 Å². The van der Waals surface area contributed by atoms with Crippen molar-refractivity contribution in [3.63, 3.8) is 0 Å². The third kappa shape index (κ3) is 2.50. The zero-order chi connectivity index (χ0) is 15.7. The highest BCUT2D eigenvalue weighted by Crippen LogP contribution is 2.22. The molecule has 22 heavy (non-hydrogen) atoms. The highest BCUT2D eigenvalue weighted by atomic mass is 16.2. The van der Waals surface area contributed by atoms with E-state index >= 15 is 0 Å². The Balaban J connectivity index is 1.70. The van der Waals surface area contributed by atoms with Gasteiger partial charge in [0.05, 0.1) is 11.1 Å². The summed E-state index contributed by atoms with van der Waals surface area (Å²) >= 11 is 0. The van der Waals surface area contributed by atoms with Crippen LogP contribution in [0, 0.1) is 0 Å². The number of carbonyl (C=O) groups excluding carboxylic acids is 3. The molecule has 6 nitrogen and oxygen atoms in total. The van der Waals surface area contributed by atoms with Gasteiger partial charge in [0.1, 0.15) is 6.54 Å². The molecule has 116 valence electrons. The maximum atomic E-state index is 12.4. The molecule has 1 atom stereocenters. The van der Waals surface area contributed by atoms with E-state index < -0.39 is 0 Å². The predicted molar refractivity (Wildman–Crippen MR) is 80.5 cm³/mol. The summed E-state index contributed by atoms with van der Waals surface area (Å²) in [5.41, 5.74) is 0.754. The molecule has 2 aliphatic rings. The first-order chi connectivity index (χ1) is 10.6. The number of fused-ring (bicyclic) bond motifs is 1. The van der Waals surface area contributed by atoms with E-state index in [1.54, 1.807) is 36.2 Å². The van der Waals surface area contributed by atoms with Crippen LogP contribution in [0.15, 0.2) is 24.3 Å². The van der Waals surface area contributed by atoms with Crippen LogP contribution in [0.2, 0.25) is 0 Å². The van der Waals surface area contributed by atoms with Crippen molar-refractivity contribution in [1.29, 1.82) is 0 Å². The van der Waals surface area contributed by atoms with Crippen LogP contribution >= 0.6 is 0 Å². The normalized spacial score (nSPS) is 21.0. The molecule has 2 aliphatic heterocycles. The number of hydrogen-bond acceptors (Lipinski definition) is 4. The van der Waals surface area contributed by atoms with E-state index in [2.05, 4.69) is 5.32 Å². The molecule has 1 N–H and O–H groups in total. The molecule has 0 aromatic heterocycles. The van der Waals surface area contributed by atoms with Gasteiger partial charge in [-0.25, -0.2) is 0 Å². The molecular formula is C16H19N3O3. The van der Waals surface area contributed by atoms with E-state index in [1.165, 1.54) is 0 Å². The third-order valence-electron chi connectivity index (χ3n) is 4.38. The van der Waals surface area contributed by atoms with E-state index in [-0.39, 0.29) is 30.3 Å². The van der Waals surface area contributed by atoms with Crippen LogP contribution in [0.25, 0.3) is 0 Å². The average molecular weight is 301 g/mol. The fraction of sp³-hybridized carbons (Fsp3) is 0.438. The molecule has 2 heterocycles. The number of imide groups is 1. The number of rotatable bonds is 3. The number of nitrogens with zero attached hydrogens (tertiary/aromatic N) is 2. The summed E-state index contributed by atoms with van der Waals surface area (Å²) in [6.45, 7) is 1.53. The molecule has 0 radical (unpaired) electrons. The monoisotopic (exact) mass is 301 g/mol. The lowest BCUT2D eigenvalue weighted by Crippen LogP contribution is -2.50. The number of nitrogens with one attached hydrogen (secondary N) is 1. The summed E-state index contributed by atoms with van der Waals surface area (Å²) in [6, 6.07) is 6.80. The minimum atomic E-state index is -0.385. The van der Waals surface area contributed by atoms with Crippen molar-refractivity contribution in [3.8, 4) is 0 Å². The van der Waals surface area contributed by atoms with Gasteiger partial charge in [-0.05, 0) is 31.5 Å². The Morgan fingerprint density at radius 3 is 2.45 bits per heavy atom. The Kier molecular flexibility index (Phi) is 3.94. The second kappa shape index (κ2) is 5.88. The van der Waals surface area contributed by atoms with E-state index in [1.807, 2.05) is 0 Å². The number of likely N-dealkylation sites (N-methyl/N-ethyl adjacent to an activating group) is 1. The lowest BCUT2D eigenvalue weighted by atomic mass is 10.1. The van der Waals surface area contributed by atoms with Crippen LogP contribution in [-0.2, 0) is 4.79 Å². The number of hydrogen-bond donors (Lipinski definition) is 1. The van der Waals surface area contributed by atoms with Gasteiger partial charge in [-0.1, -0.05) is 12.1 Å².